The summed E-state index contributed by atoms with van der Waals surface area (Å²) < 4.78 is 0. The first-order chi connectivity index (χ1) is 8.20. The lowest BCUT2D eigenvalue weighted by atomic mass is 10.1. The third-order valence-corrected chi connectivity index (χ3v) is 3.51. The molecule has 17 heavy (non-hydrogen) atoms. The summed E-state index contributed by atoms with van der Waals surface area (Å²) in [5.41, 5.74) is 0. The topological polar surface area (TPSA) is 76.0 Å². The van der Waals surface area contributed by atoms with Crippen LogP contribution in [0, 0.1) is 0 Å². The maximum absolute atomic E-state index is 12.1. The lowest BCUT2D eigenvalue weighted by Crippen LogP contribution is -2.53. The number of carbonyl (C=O) groups is 1. The zero-order chi connectivity index (χ0) is 12.3. The maximum Gasteiger partial charge on any atom is 0.239 e. The van der Waals surface area contributed by atoms with Gasteiger partial charge in [0.05, 0.1) is 18.8 Å². The van der Waals surface area contributed by atoms with Crippen LogP contribution in [0.2, 0.25) is 0 Å². The zero-order valence-corrected chi connectivity index (χ0v) is 10.0. The van der Waals surface area contributed by atoms with Gasteiger partial charge in [-0.15, -0.1) is 0 Å². The van der Waals surface area contributed by atoms with E-state index in [0.29, 0.717) is 32.6 Å². The Morgan fingerprint density at radius 1 is 1.29 bits per heavy atom. The van der Waals surface area contributed by atoms with Gasteiger partial charge in [0, 0.05) is 39.3 Å². The zero-order valence-electron chi connectivity index (χ0n) is 10.0. The van der Waals surface area contributed by atoms with Gasteiger partial charge < -0.3 is 20.4 Å². The number of aliphatic hydroxyl groups excluding tert-OH is 2. The lowest BCUT2D eigenvalue weighted by molar-refractivity contribution is -0.135. The molecule has 2 unspecified atom stereocenters. The molecule has 2 fully saturated rings. The minimum absolute atomic E-state index is 0.102. The van der Waals surface area contributed by atoms with Crippen molar-refractivity contribution in [1.29, 1.82) is 0 Å². The number of aliphatic hydroxyl groups is 2. The van der Waals surface area contributed by atoms with Gasteiger partial charge in [-0.05, 0) is 6.42 Å². The Morgan fingerprint density at radius 3 is 2.53 bits per heavy atom. The second-order valence-electron chi connectivity index (χ2n) is 4.74. The lowest BCUT2D eigenvalue weighted by Gasteiger charge is -2.35. The molecule has 2 atom stereocenters. The van der Waals surface area contributed by atoms with Crippen LogP contribution >= 0.6 is 0 Å². The van der Waals surface area contributed by atoms with Gasteiger partial charge in [-0.3, -0.25) is 9.69 Å². The molecule has 0 radical (unpaired) electrons. The van der Waals surface area contributed by atoms with Crippen molar-refractivity contribution in [2.75, 3.05) is 45.9 Å². The van der Waals surface area contributed by atoms with Crippen LogP contribution in [0.1, 0.15) is 6.42 Å². The standard InChI is InChI=1S/C11H21N3O3/c15-6-5-13-1-3-14(4-2-13)11(17)10-7-9(16)8-12-10/h9-10,12,15-16H,1-8H2. The van der Waals surface area contributed by atoms with E-state index in [-0.39, 0.29) is 24.7 Å². The first kappa shape index (κ1) is 12.8. The fourth-order valence-electron chi connectivity index (χ4n) is 2.46. The number of hydrogen-bond donors (Lipinski definition) is 3. The molecule has 0 saturated carbocycles. The van der Waals surface area contributed by atoms with Crippen molar-refractivity contribution in [2.24, 2.45) is 0 Å². The van der Waals surface area contributed by atoms with Crippen LogP contribution in [0.5, 0.6) is 0 Å². The summed E-state index contributed by atoms with van der Waals surface area (Å²) in [7, 11) is 0. The molecule has 2 rings (SSSR count). The summed E-state index contributed by atoms with van der Waals surface area (Å²) >= 11 is 0. The monoisotopic (exact) mass is 243 g/mol. The number of nitrogens with zero attached hydrogens (tertiary/aromatic N) is 2. The van der Waals surface area contributed by atoms with Crippen molar-refractivity contribution in [3.8, 4) is 0 Å². The van der Waals surface area contributed by atoms with Crippen molar-refractivity contribution >= 4 is 5.91 Å². The molecule has 98 valence electrons. The molecule has 0 aliphatic carbocycles. The Bertz CT molecular complexity index is 267. The first-order valence-electron chi connectivity index (χ1n) is 6.24. The highest BCUT2D eigenvalue weighted by Gasteiger charge is 2.32. The predicted octanol–water partition coefficient (Wildman–Crippen LogP) is -2.15. The van der Waals surface area contributed by atoms with E-state index in [1.165, 1.54) is 0 Å². The van der Waals surface area contributed by atoms with Crippen LogP contribution in [0.3, 0.4) is 0 Å². The van der Waals surface area contributed by atoms with Gasteiger partial charge in [0.25, 0.3) is 0 Å². The largest absolute Gasteiger partial charge is 0.395 e. The smallest absolute Gasteiger partial charge is 0.239 e. The van der Waals surface area contributed by atoms with Gasteiger partial charge in [-0.25, -0.2) is 0 Å². The Labute approximate surface area is 101 Å². The second-order valence-corrected chi connectivity index (χ2v) is 4.74. The Balaban J connectivity index is 1.78. The van der Waals surface area contributed by atoms with Crippen LogP contribution in [-0.2, 0) is 4.79 Å². The van der Waals surface area contributed by atoms with E-state index in [2.05, 4.69) is 10.2 Å². The molecule has 2 heterocycles. The van der Waals surface area contributed by atoms with Crippen molar-refractivity contribution in [3.05, 3.63) is 0 Å². The fourth-order valence-corrected chi connectivity index (χ4v) is 2.46. The van der Waals surface area contributed by atoms with E-state index in [0.717, 1.165) is 13.1 Å². The van der Waals surface area contributed by atoms with E-state index in [1.807, 2.05) is 4.90 Å². The quantitative estimate of drug-likeness (QED) is 0.527. The Hall–Kier alpha value is -0.690. The minimum Gasteiger partial charge on any atom is -0.395 e. The van der Waals surface area contributed by atoms with Gasteiger partial charge in [0.2, 0.25) is 5.91 Å². The summed E-state index contributed by atoms with van der Waals surface area (Å²) in [6.45, 7) is 4.44. The molecule has 6 nitrogen and oxygen atoms in total. The van der Waals surface area contributed by atoms with Crippen LogP contribution < -0.4 is 5.32 Å². The molecule has 0 aromatic carbocycles. The van der Waals surface area contributed by atoms with E-state index >= 15 is 0 Å². The number of piperazine rings is 1. The molecule has 2 aliphatic heterocycles. The van der Waals surface area contributed by atoms with Crippen LogP contribution in [-0.4, -0.2) is 83.9 Å². The van der Waals surface area contributed by atoms with Crippen LogP contribution in [0.15, 0.2) is 0 Å². The van der Waals surface area contributed by atoms with Crippen molar-refractivity contribution in [1.82, 2.24) is 15.1 Å². The highest BCUT2D eigenvalue weighted by molar-refractivity contribution is 5.82. The van der Waals surface area contributed by atoms with Gasteiger partial charge in [-0.2, -0.15) is 0 Å². The fraction of sp³-hybridized carbons (Fsp3) is 0.909. The van der Waals surface area contributed by atoms with E-state index in [1.54, 1.807) is 0 Å². The normalized spacial score (nSPS) is 30.8. The third kappa shape index (κ3) is 3.16. The molecule has 2 aliphatic rings. The molecule has 6 heteroatoms. The molecular formula is C11H21N3O3. The molecule has 0 aromatic heterocycles. The highest BCUT2D eigenvalue weighted by atomic mass is 16.3. The summed E-state index contributed by atoms with van der Waals surface area (Å²) in [5, 5.41) is 21.3. The molecule has 0 aromatic rings. The Morgan fingerprint density at radius 2 is 2.00 bits per heavy atom. The summed E-state index contributed by atoms with van der Waals surface area (Å²) in [4.78, 5) is 16.1. The van der Waals surface area contributed by atoms with E-state index in [4.69, 9.17) is 5.11 Å². The van der Waals surface area contributed by atoms with Crippen molar-refractivity contribution in [3.63, 3.8) is 0 Å². The molecule has 1 amide bonds. The number of nitrogens with one attached hydrogen (secondary N) is 1. The number of rotatable bonds is 3. The van der Waals surface area contributed by atoms with Crippen molar-refractivity contribution in [2.45, 2.75) is 18.6 Å². The predicted molar refractivity (Wildman–Crippen MR) is 62.5 cm³/mol. The summed E-state index contributed by atoms with van der Waals surface area (Å²) in [6, 6.07) is -0.214. The van der Waals surface area contributed by atoms with Crippen molar-refractivity contribution < 1.29 is 15.0 Å². The van der Waals surface area contributed by atoms with Gasteiger partial charge >= 0.3 is 0 Å². The SMILES string of the molecule is O=C(C1CC(O)CN1)N1CCN(CCO)CC1. The van der Waals surface area contributed by atoms with Crippen LogP contribution in [0.25, 0.3) is 0 Å². The average Bonchev–Trinajstić information content (AvgIpc) is 2.76. The molecule has 0 spiro atoms. The van der Waals surface area contributed by atoms with E-state index < -0.39 is 0 Å². The highest BCUT2D eigenvalue weighted by Crippen LogP contribution is 2.11. The number of amides is 1. The maximum atomic E-state index is 12.1. The third-order valence-electron chi connectivity index (χ3n) is 3.51. The number of carbonyl (C=O) groups excluding carboxylic acids is 1. The summed E-state index contributed by atoms with van der Waals surface area (Å²) in [6.07, 6.45) is 0.134. The van der Waals surface area contributed by atoms with Crippen LogP contribution in [0.4, 0.5) is 0 Å². The minimum atomic E-state index is -0.389. The van der Waals surface area contributed by atoms with E-state index in [9.17, 15) is 9.90 Å². The van der Waals surface area contributed by atoms with Gasteiger partial charge in [-0.1, -0.05) is 0 Å². The molecule has 0 bridgehead atoms. The molecule has 3 N–H and O–H groups in total. The average molecular weight is 243 g/mol. The first-order valence-corrected chi connectivity index (χ1v) is 6.24. The van der Waals surface area contributed by atoms with Gasteiger partial charge in [0.1, 0.15) is 0 Å². The summed E-state index contributed by atoms with van der Waals surface area (Å²) in [5.74, 6) is 0.102. The molecular weight excluding hydrogens is 222 g/mol. The number of hydrogen-bond acceptors (Lipinski definition) is 5. The Kier molecular flexibility index (Phi) is 4.33. The second kappa shape index (κ2) is 5.77. The van der Waals surface area contributed by atoms with Gasteiger partial charge in [0.15, 0.2) is 0 Å². The number of β-amino-alcohol motifs (C(OH)–C–C–N with tert-alkyl or cyclic N) is 2. The molecule has 2 saturated heterocycles.